The van der Waals surface area contributed by atoms with Crippen molar-refractivity contribution in [2.45, 2.75) is 37.7 Å². The third-order valence-electron chi connectivity index (χ3n) is 4.34. The zero-order valence-corrected chi connectivity index (χ0v) is 14.7. The van der Waals surface area contributed by atoms with Crippen LogP contribution in [0.2, 0.25) is 0 Å². The zero-order valence-electron chi connectivity index (χ0n) is 14.0. The number of nitrogens with one attached hydrogen (secondary N) is 1. The summed E-state index contributed by atoms with van der Waals surface area (Å²) >= 11 is 5.64. The Bertz CT molecular complexity index is 490. The predicted molar refractivity (Wildman–Crippen MR) is 92.6 cm³/mol. The summed E-state index contributed by atoms with van der Waals surface area (Å²) in [5.41, 5.74) is 1.22. The monoisotopic (exact) mass is 355 g/mol. The molecule has 1 atom stereocenters. The van der Waals surface area contributed by atoms with Gasteiger partial charge >= 0.3 is 0 Å². The second-order valence-electron chi connectivity index (χ2n) is 6.24. The molecule has 1 unspecified atom stereocenters. The van der Waals surface area contributed by atoms with Gasteiger partial charge in [0.15, 0.2) is 5.79 Å². The number of rotatable bonds is 8. The number of hydrogen-bond acceptors (Lipinski definition) is 5. The van der Waals surface area contributed by atoms with E-state index in [2.05, 4.69) is 17.4 Å². The summed E-state index contributed by atoms with van der Waals surface area (Å²) in [6, 6.07) is 8.15. The lowest BCUT2D eigenvalue weighted by atomic mass is 10.1. The molecule has 24 heavy (non-hydrogen) atoms. The Morgan fingerprint density at radius 3 is 2.75 bits per heavy atom. The van der Waals surface area contributed by atoms with E-state index < -0.39 is 5.79 Å². The molecule has 1 N–H and O–H groups in total. The molecule has 0 aliphatic carbocycles. The molecule has 0 saturated carbocycles. The number of ether oxygens (including phenoxy) is 4. The van der Waals surface area contributed by atoms with Crippen LogP contribution in [0.15, 0.2) is 24.3 Å². The Morgan fingerprint density at radius 2 is 2.00 bits per heavy atom. The first-order chi connectivity index (χ1) is 11.8. The molecule has 1 aromatic rings. The fraction of sp³-hybridized carbons (Fsp3) is 0.667. The van der Waals surface area contributed by atoms with Crippen molar-refractivity contribution < 1.29 is 18.9 Å². The molecule has 134 valence electrons. The normalized spacial score (nSPS) is 22.8. The van der Waals surface area contributed by atoms with Gasteiger partial charge in [0.1, 0.15) is 5.75 Å². The molecule has 0 amide bonds. The minimum atomic E-state index is -0.396. The molecule has 0 aromatic heterocycles. The number of halogens is 1. The third kappa shape index (κ3) is 5.07. The van der Waals surface area contributed by atoms with Gasteiger partial charge in [0.05, 0.1) is 32.5 Å². The van der Waals surface area contributed by atoms with E-state index in [4.69, 9.17) is 30.5 Å². The van der Waals surface area contributed by atoms with Crippen LogP contribution in [0.3, 0.4) is 0 Å². The van der Waals surface area contributed by atoms with E-state index in [-0.39, 0.29) is 6.10 Å². The fourth-order valence-electron chi connectivity index (χ4n) is 2.99. The van der Waals surface area contributed by atoms with Crippen molar-refractivity contribution >= 4 is 11.6 Å². The average Bonchev–Trinajstić information content (AvgIpc) is 2.99. The highest BCUT2D eigenvalue weighted by atomic mass is 35.5. The van der Waals surface area contributed by atoms with Crippen LogP contribution in [0.5, 0.6) is 5.75 Å². The van der Waals surface area contributed by atoms with Crippen LogP contribution in [-0.4, -0.2) is 50.7 Å². The summed E-state index contributed by atoms with van der Waals surface area (Å²) in [6.45, 7) is 4.35. The largest absolute Gasteiger partial charge is 0.494 e. The molecule has 3 rings (SSSR count). The molecule has 2 saturated heterocycles. The molecule has 0 bridgehead atoms. The van der Waals surface area contributed by atoms with Crippen molar-refractivity contribution in [3.8, 4) is 5.75 Å². The van der Waals surface area contributed by atoms with Gasteiger partial charge in [-0.15, -0.1) is 11.6 Å². The summed E-state index contributed by atoms with van der Waals surface area (Å²) in [5.74, 6) is 1.12. The van der Waals surface area contributed by atoms with E-state index in [1.54, 1.807) is 0 Å². The molecular weight excluding hydrogens is 330 g/mol. The molecule has 1 spiro atoms. The third-order valence-corrected chi connectivity index (χ3v) is 4.61. The van der Waals surface area contributed by atoms with E-state index >= 15 is 0 Å². The summed E-state index contributed by atoms with van der Waals surface area (Å²) < 4.78 is 23.0. The molecule has 1 aromatic carbocycles. The second-order valence-corrected chi connectivity index (χ2v) is 6.62. The highest BCUT2D eigenvalue weighted by Crippen LogP contribution is 2.32. The topological polar surface area (TPSA) is 49.0 Å². The number of hydrogen-bond donors (Lipinski definition) is 1. The van der Waals surface area contributed by atoms with Crippen LogP contribution in [0, 0.1) is 0 Å². The van der Waals surface area contributed by atoms with Crippen LogP contribution < -0.4 is 10.1 Å². The van der Waals surface area contributed by atoms with Gasteiger partial charge in [0.25, 0.3) is 0 Å². The molecule has 6 heteroatoms. The minimum absolute atomic E-state index is 0.112. The van der Waals surface area contributed by atoms with Crippen LogP contribution >= 0.6 is 11.6 Å². The van der Waals surface area contributed by atoms with Gasteiger partial charge in [-0.2, -0.15) is 0 Å². The van der Waals surface area contributed by atoms with Crippen molar-refractivity contribution in [3.63, 3.8) is 0 Å². The molecule has 2 fully saturated rings. The van der Waals surface area contributed by atoms with Crippen LogP contribution in [0.4, 0.5) is 0 Å². The Kier molecular flexibility index (Phi) is 6.75. The lowest BCUT2D eigenvalue weighted by Crippen LogP contribution is -2.39. The predicted octanol–water partition coefficient (Wildman–Crippen LogP) is 2.71. The van der Waals surface area contributed by atoms with Crippen LogP contribution in [-0.2, 0) is 20.8 Å². The first kappa shape index (κ1) is 18.0. The Morgan fingerprint density at radius 1 is 1.21 bits per heavy atom. The minimum Gasteiger partial charge on any atom is -0.494 e. The molecule has 5 nitrogen and oxygen atoms in total. The first-order valence-electron chi connectivity index (χ1n) is 8.68. The van der Waals surface area contributed by atoms with E-state index in [1.807, 2.05) is 12.1 Å². The number of benzene rings is 1. The Labute approximate surface area is 148 Å². The average molecular weight is 356 g/mol. The summed E-state index contributed by atoms with van der Waals surface area (Å²) in [6.07, 6.45) is 2.63. The van der Waals surface area contributed by atoms with Crippen molar-refractivity contribution in [2.24, 2.45) is 0 Å². The second kappa shape index (κ2) is 9.02. The van der Waals surface area contributed by atoms with E-state index in [0.717, 1.165) is 51.3 Å². The summed E-state index contributed by atoms with van der Waals surface area (Å²) in [4.78, 5) is 0. The SMILES string of the molecule is ClCCCOc1ccc(CNCC2COC3(CCOCC3)O2)cc1. The van der Waals surface area contributed by atoms with Crippen molar-refractivity contribution in [1.29, 1.82) is 0 Å². The van der Waals surface area contributed by atoms with Gasteiger partial charge in [-0.1, -0.05) is 12.1 Å². The van der Waals surface area contributed by atoms with Gasteiger partial charge in [-0.25, -0.2) is 0 Å². The highest BCUT2D eigenvalue weighted by Gasteiger charge is 2.42. The van der Waals surface area contributed by atoms with Gasteiger partial charge < -0.3 is 24.3 Å². The van der Waals surface area contributed by atoms with Gasteiger partial charge in [0.2, 0.25) is 0 Å². The lowest BCUT2D eigenvalue weighted by molar-refractivity contribution is -0.210. The molecular formula is C18H26ClNO4. The standard InChI is InChI=1S/C18H26ClNO4/c19-8-1-9-22-16-4-2-15(3-5-16)12-20-13-17-14-23-18(24-17)6-10-21-11-7-18/h2-5,17,20H,1,6-14H2. The van der Waals surface area contributed by atoms with Crippen molar-refractivity contribution in [3.05, 3.63) is 29.8 Å². The van der Waals surface area contributed by atoms with E-state index in [1.165, 1.54) is 5.56 Å². The Balaban J connectivity index is 1.36. The molecule has 2 aliphatic rings. The van der Waals surface area contributed by atoms with Gasteiger partial charge in [0, 0.05) is 31.8 Å². The van der Waals surface area contributed by atoms with Gasteiger partial charge in [-0.05, 0) is 24.1 Å². The zero-order chi connectivity index (χ0) is 16.7. The first-order valence-corrected chi connectivity index (χ1v) is 9.21. The van der Waals surface area contributed by atoms with Crippen LogP contribution in [0.1, 0.15) is 24.8 Å². The Hall–Kier alpha value is -0.850. The lowest BCUT2D eigenvalue weighted by Gasteiger charge is -2.31. The van der Waals surface area contributed by atoms with Crippen molar-refractivity contribution in [1.82, 2.24) is 5.32 Å². The summed E-state index contributed by atoms with van der Waals surface area (Å²) in [7, 11) is 0. The molecule has 0 radical (unpaired) electrons. The quantitative estimate of drug-likeness (QED) is 0.574. The fourth-order valence-corrected chi connectivity index (χ4v) is 3.10. The summed E-state index contributed by atoms with van der Waals surface area (Å²) in [5, 5.41) is 3.44. The molecule has 2 heterocycles. The number of alkyl halides is 1. The van der Waals surface area contributed by atoms with E-state index in [0.29, 0.717) is 19.1 Å². The maximum Gasteiger partial charge on any atom is 0.173 e. The van der Waals surface area contributed by atoms with E-state index in [9.17, 15) is 0 Å². The highest BCUT2D eigenvalue weighted by molar-refractivity contribution is 6.17. The van der Waals surface area contributed by atoms with Gasteiger partial charge in [-0.3, -0.25) is 0 Å². The maximum atomic E-state index is 6.11. The maximum absolute atomic E-state index is 6.11. The molecule has 2 aliphatic heterocycles. The smallest absolute Gasteiger partial charge is 0.173 e. The van der Waals surface area contributed by atoms with Crippen LogP contribution in [0.25, 0.3) is 0 Å². The van der Waals surface area contributed by atoms with Crippen molar-refractivity contribution in [2.75, 3.05) is 38.9 Å².